The van der Waals surface area contributed by atoms with E-state index in [0.29, 0.717) is 11.8 Å². The maximum Gasteiger partial charge on any atom is 0.223 e. The van der Waals surface area contributed by atoms with Crippen molar-refractivity contribution in [2.24, 2.45) is 5.92 Å². The van der Waals surface area contributed by atoms with Crippen molar-refractivity contribution in [2.75, 3.05) is 13.1 Å². The van der Waals surface area contributed by atoms with Crippen molar-refractivity contribution in [3.63, 3.8) is 0 Å². The van der Waals surface area contributed by atoms with Crippen molar-refractivity contribution >= 4 is 0 Å². The van der Waals surface area contributed by atoms with Crippen LogP contribution < -0.4 is 5.32 Å². The fourth-order valence-electron chi connectivity index (χ4n) is 1.92. The molecular formula is C11H17N5O2. The minimum Gasteiger partial charge on any atom is -0.346 e. The molecule has 1 aliphatic rings. The van der Waals surface area contributed by atoms with Gasteiger partial charge in [-0.3, -0.25) is 0 Å². The Morgan fingerprint density at radius 1 is 1.50 bits per heavy atom. The zero-order valence-electron chi connectivity index (χ0n) is 10.4. The van der Waals surface area contributed by atoms with E-state index in [2.05, 4.69) is 30.4 Å². The van der Waals surface area contributed by atoms with Gasteiger partial charge in [0.2, 0.25) is 5.89 Å². The van der Waals surface area contributed by atoms with Crippen molar-refractivity contribution in [1.29, 1.82) is 0 Å². The monoisotopic (exact) mass is 251 g/mol. The topological polar surface area (TPSA) is 89.9 Å². The molecule has 3 heterocycles. The highest BCUT2D eigenvalue weighted by atomic mass is 16.5. The van der Waals surface area contributed by atoms with Crippen LogP contribution in [0.3, 0.4) is 0 Å². The normalized spacial score (nSPS) is 19.1. The number of hydrogen-bond acceptors (Lipinski definition) is 7. The molecule has 1 saturated heterocycles. The molecule has 0 saturated carbocycles. The number of nitrogens with one attached hydrogen (secondary N) is 1. The minimum atomic E-state index is 0.666. The maximum absolute atomic E-state index is 4.92. The third-order valence-electron chi connectivity index (χ3n) is 2.72. The van der Waals surface area contributed by atoms with Crippen LogP contribution in [0, 0.1) is 12.8 Å². The number of piperidine rings is 1. The molecule has 1 N–H and O–H groups in total. The lowest BCUT2D eigenvalue weighted by Gasteiger charge is -2.20. The predicted molar refractivity (Wildman–Crippen MR) is 62.6 cm³/mol. The van der Waals surface area contributed by atoms with Gasteiger partial charge in [0.1, 0.15) is 6.26 Å². The quantitative estimate of drug-likeness (QED) is 0.851. The standard InChI is InChI=1S/C9H15N3O.C2H2N2O/c1-7-11-9(12-13-7)5-8-3-2-4-10-6-8;1-2-5-4-3-1/h8,10H,2-6H2,1H3;1-2H. The molecule has 7 heteroatoms. The van der Waals surface area contributed by atoms with E-state index >= 15 is 0 Å². The largest absolute Gasteiger partial charge is 0.346 e. The van der Waals surface area contributed by atoms with Gasteiger partial charge >= 0.3 is 0 Å². The Hall–Kier alpha value is -1.76. The number of hydrogen-bond donors (Lipinski definition) is 1. The predicted octanol–water partition coefficient (Wildman–Crippen LogP) is 0.990. The summed E-state index contributed by atoms with van der Waals surface area (Å²) in [6.07, 6.45) is 6.37. The van der Waals surface area contributed by atoms with E-state index in [-0.39, 0.29) is 0 Å². The van der Waals surface area contributed by atoms with Crippen molar-refractivity contribution in [3.8, 4) is 0 Å². The maximum atomic E-state index is 4.92. The second-order valence-corrected chi connectivity index (χ2v) is 4.23. The Balaban J connectivity index is 0.000000202. The van der Waals surface area contributed by atoms with Crippen LogP contribution in [0.15, 0.2) is 21.5 Å². The Morgan fingerprint density at radius 2 is 2.44 bits per heavy atom. The molecule has 1 unspecified atom stereocenters. The first-order valence-electron chi connectivity index (χ1n) is 6.05. The van der Waals surface area contributed by atoms with Crippen LogP contribution >= 0.6 is 0 Å². The number of aryl methyl sites for hydroxylation is 1. The van der Waals surface area contributed by atoms with E-state index in [1.807, 2.05) is 6.92 Å². The van der Waals surface area contributed by atoms with Gasteiger partial charge in [-0.2, -0.15) is 4.98 Å². The zero-order valence-corrected chi connectivity index (χ0v) is 10.4. The fourth-order valence-corrected chi connectivity index (χ4v) is 1.92. The van der Waals surface area contributed by atoms with Crippen molar-refractivity contribution in [2.45, 2.75) is 26.2 Å². The van der Waals surface area contributed by atoms with E-state index in [9.17, 15) is 0 Å². The lowest BCUT2D eigenvalue weighted by molar-refractivity contribution is 0.354. The molecule has 3 rings (SSSR count). The highest BCUT2D eigenvalue weighted by Gasteiger charge is 2.15. The molecule has 0 spiro atoms. The molecule has 0 radical (unpaired) electrons. The smallest absolute Gasteiger partial charge is 0.223 e. The van der Waals surface area contributed by atoms with Crippen LogP contribution in [0.4, 0.5) is 0 Å². The van der Waals surface area contributed by atoms with Gasteiger partial charge in [-0.05, 0) is 31.8 Å². The summed E-state index contributed by atoms with van der Waals surface area (Å²) in [6.45, 7) is 4.07. The van der Waals surface area contributed by atoms with Gasteiger partial charge in [0, 0.05) is 18.6 Å². The van der Waals surface area contributed by atoms with E-state index < -0.39 is 0 Å². The molecule has 98 valence electrons. The van der Waals surface area contributed by atoms with Crippen LogP contribution in [0.25, 0.3) is 0 Å². The summed E-state index contributed by atoms with van der Waals surface area (Å²) in [6, 6.07) is 0. The van der Waals surface area contributed by atoms with Crippen LogP contribution in [0.1, 0.15) is 24.6 Å². The molecule has 2 aromatic rings. The van der Waals surface area contributed by atoms with Crippen LogP contribution in [-0.2, 0) is 6.42 Å². The second-order valence-electron chi connectivity index (χ2n) is 4.23. The number of aromatic nitrogens is 4. The Morgan fingerprint density at radius 3 is 2.94 bits per heavy atom. The average Bonchev–Trinajstić information content (AvgIpc) is 3.05. The molecule has 7 nitrogen and oxygen atoms in total. The summed E-state index contributed by atoms with van der Waals surface area (Å²) in [4.78, 5) is 4.20. The van der Waals surface area contributed by atoms with E-state index in [1.165, 1.54) is 25.3 Å². The summed E-state index contributed by atoms with van der Waals surface area (Å²) in [7, 11) is 0. The van der Waals surface area contributed by atoms with E-state index in [4.69, 9.17) is 4.52 Å². The van der Waals surface area contributed by atoms with E-state index in [1.54, 1.807) is 0 Å². The molecule has 18 heavy (non-hydrogen) atoms. The second kappa shape index (κ2) is 6.85. The summed E-state index contributed by atoms with van der Waals surface area (Å²) < 4.78 is 9.15. The molecular weight excluding hydrogens is 234 g/mol. The molecule has 1 fully saturated rings. The van der Waals surface area contributed by atoms with Crippen molar-refractivity contribution in [3.05, 3.63) is 24.2 Å². The Labute approximate surface area is 105 Å². The number of rotatable bonds is 2. The van der Waals surface area contributed by atoms with Crippen molar-refractivity contribution in [1.82, 2.24) is 25.8 Å². The molecule has 0 aromatic carbocycles. The summed E-state index contributed by atoms with van der Waals surface area (Å²) in [5.41, 5.74) is 0. The summed E-state index contributed by atoms with van der Waals surface area (Å²) in [5, 5.41) is 13.7. The first-order chi connectivity index (χ1) is 8.84. The number of nitrogens with zero attached hydrogens (tertiary/aromatic N) is 4. The van der Waals surface area contributed by atoms with Gasteiger partial charge in [-0.25, -0.2) is 0 Å². The SMILES string of the molecule is Cc1nc(CC2CCCNC2)no1.c1conn1. The van der Waals surface area contributed by atoms with Gasteiger partial charge in [0.05, 0.1) is 6.20 Å². The van der Waals surface area contributed by atoms with Gasteiger partial charge < -0.3 is 14.4 Å². The first kappa shape index (κ1) is 12.7. The lowest BCUT2D eigenvalue weighted by Crippen LogP contribution is -2.31. The molecule has 2 aromatic heterocycles. The lowest BCUT2D eigenvalue weighted by atomic mass is 9.96. The third kappa shape index (κ3) is 4.25. The van der Waals surface area contributed by atoms with Gasteiger partial charge in [-0.1, -0.05) is 5.16 Å². The highest BCUT2D eigenvalue weighted by Crippen LogP contribution is 2.14. The van der Waals surface area contributed by atoms with Gasteiger partial charge in [0.25, 0.3) is 0 Å². The Bertz CT molecular complexity index is 405. The molecule has 0 amide bonds. The summed E-state index contributed by atoms with van der Waals surface area (Å²) >= 11 is 0. The van der Waals surface area contributed by atoms with Gasteiger partial charge in [-0.15, -0.1) is 5.10 Å². The molecule has 1 aliphatic heterocycles. The van der Waals surface area contributed by atoms with Gasteiger partial charge in [0.15, 0.2) is 5.82 Å². The molecule has 0 aliphatic carbocycles. The fraction of sp³-hybridized carbons (Fsp3) is 0.636. The Kier molecular flexibility index (Phi) is 4.83. The minimum absolute atomic E-state index is 0.666. The summed E-state index contributed by atoms with van der Waals surface area (Å²) in [5.74, 6) is 2.20. The highest BCUT2D eigenvalue weighted by molar-refractivity contribution is 4.87. The molecule has 0 bridgehead atoms. The van der Waals surface area contributed by atoms with Crippen molar-refractivity contribution < 1.29 is 9.05 Å². The first-order valence-corrected chi connectivity index (χ1v) is 6.05. The zero-order chi connectivity index (χ0) is 12.6. The third-order valence-corrected chi connectivity index (χ3v) is 2.72. The average molecular weight is 251 g/mol. The van der Waals surface area contributed by atoms with Crippen LogP contribution in [0.5, 0.6) is 0 Å². The van der Waals surface area contributed by atoms with Crippen LogP contribution in [-0.4, -0.2) is 33.6 Å². The van der Waals surface area contributed by atoms with Crippen LogP contribution in [0.2, 0.25) is 0 Å². The molecule has 1 atom stereocenters. The van der Waals surface area contributed by atoms with E-state index in [0.717, 1.165) is 25.3 Å².